The van der Waals surface area contributed by atoms with Gasteiger partial charge < -0.3 is 10.2 Å². The first-order valence-corrected chi connectivity index (χ1v) is 8.85. The molecule has 0 aliphatic rings. The number of benzene rings is 2. The molecule has 0 bridgehead atoms. The number of rotatable bonds is 7. The van der Waals surface area contributed by atoms with Gasteiger partial charge in [-0.1, -0.05) is 42.0 Å². The van der Waals surface area contributed by atoms with Gasteiger partial charge in [0.25, 0.3) is 0 Å². The summed E-state index contributed by atoms with van der Waals surface area (Å²) in [4.78, 5) is 14.5. The number of hydrogen-bond acceptors (Lipinski definition) is 5. The van der Waals surface area contributed by atoms with Crippen molar-refractivity contribution in [3.05, 3.63) is 71.5 Å². The average molecular weight is 364 g/mol. The van der Waals surface area contributed by atoms with Crippen LogP contribution in [0.25, 0.3) is 5.69 Å². The highest BCUT2D eigenvalue weighted by Gasteiger charge is 2.15. The molecule has 7 heteroatoms. The van der Waals surface area contributed by atoms with Crippen LogP contribution in [-0.4, -0.2) is 51.7 Å². The third-order valence-corrected chi connectivity index (χ3v) is 4.49. The largest absolute Gasteiger partial charge is 0.354 e. The summed E-state index contributed by atoms with van der Waals surface area (Å²) in [6.45, 7) is 2.64. The Balaban J connectivity index is 1.57. The van der Waals surface area contributed by atoms with Gasteiger partial charge in [-0.15, -0.1) is 5.10 Å². The lowest BCUT2D eigenvalue weighted by Crippen LogP contribution is -2.35. The number of aromatic nitrogens is 4. The maximum atomic E-state index is 12.4. The Bertz CT molecular complexity index is 857. The van der Waals surface area contributed by atoms with Crippen molar-refractivity contribution >= 4 is 5.91 Å². The Labute approximate surface area is 159 Å². The fraction of sp³-hybridized carbons (Fsp3) is 0.300. The highest BCUT2D eigenvalue weighted by atomic mass is 16.1. The number of carbonyl (C=O) groups excluding carboxylic acids is 1. The smallest absolute Gasteiger partial charge is 0.224 e. The number of amides is 1. The fourth-order valence-electron chi connectivity index (χ4n) is 2.89. The van der Waals surface area contributed by atoms with E-state index in [9.17, 15) is 4.79 Å². The van der Waals surface area contributed by atoms with E-state index >= 15 is 0 Å². The van der Waals surface area contributed by atoms with Crippen LogP contribution < -0.4 is 5.32 Å². The van der Waals surface area contributed by atoms with Crippen molar-refractivity contribution in [2.45, 2.75) is 19.4 Å². The molecule has 1 aromatic heterocycles. The van der Waals surface area contributed by atoms with E-state index in [1.165, 1.54) is 17.5 Å². The molecule has 0 saturated carbocycles. The maximum Gasteiger partial charge on any atom is 0.224 e. The lowest BCUT2D eigenvalue weighted by atomic mass is 10.0. The Hall–Kier alpha value is -3.06. The molecule has 27 heavy (non-hydrogen) atoms. The number of nitrogens with one attached hydrogen (secondary N) is 1. The van der Waals surface area contributed by atoms with Crippen molar-refractivity contribution in [2.75, 3.05) is 20.6 Å². The van der Waals surface area contributed by atoms with E-state index in [0.717, 1.165) is 11.3 Å². The fourth-order valence-corrected chi connectivity index (χ4v) is 2.89. The van der Waals surface area contributed by atoms with Crippen LogP contribution in [-0.2, 0) is 11.2 Å². The minimum Gasteiger partial charge on any atom is -0.354 e. The summed E-state index contributed by atoms with van der Waals surface area (Å²) >= 11 is 0. The number of likely N-dealkylation sites (N-methyl/N-ethyl adjacent to an activating group) is 1. The van der Waals surface area contributed by atoms with Gasteiger partial charge in [-0.2, -0.15) is 0 Å². The molecular weight excluding hydrogens is 340 g/mol. The van der Waals surface area contributed by atoms with Crippen LogP contribution in [0.4, 0.5) is 0 Å². The molecule has 140 valence electrons. The topological polar surface area (TPSA) is 75.9 Å². The van der Waals surface area contributed by atoms with Crippen LogP contribution >= 0.6 is 0 Å². The second kappa shape index (κ2) is 8.55. The highest BCUT2D eigenvalue weighted by Crippen LogP contribution is 2.18. The first kappa shape index (κ1) is 18.7. The summed E-state index contributed by atoms with van der Waals surface area (Å²) < 4.78 is 1.58. The van der Waals surface area contributed by atoms with E-state index in [-0.39, 0.29) is 11.9 Å². The Kier molecular flexibility index (Phi) is 5.93. The van der Waals surface area contributed by atoms with Gasteiger partial charge in [-0.05, 0) is 54.7 Å². The van der Waals surface area contributed by atoms with E-state index in [0.29, 0.717) is 13.0 Å². The molecule has 1 unspecified atom stereocenters. The lowest BCUT2D eigenvalue weighted by molar-refractivity contribution is -0.120. The lowest BCUT2D eigenvalue weighted by Gasteiger charge is -2.25. The molecule has 7 nitrogen and oxygen atoms in total. The summed E-state index contributed by atoms with van der Waals surface area (Å²) in [7, 11) is 4.04. The molecule has 0 radical (unpaired) electrons. The third-order valence-electron chi connectivity index (χ3n) is 4.49. The maximum absolute atomic E-state index is 12.4. The predicted molar refractivity (Wildman–Crippen MR) is 103 cm³/mol. The molecule has 1 N–H and O–H groups in total. The molecule has 1 amide bonds. The van der Waals surface area contributed by atoms with Crippen molar-refractivity contribution in [1.29, 1.82) is 0 Å². The standard InChI is InChI=1S/C20H24N6O/c1-15-4-8-17(9-5-15)19(25(2)3)13-21-20(27)12-16-6-10-18(11-7-16)26-14-22-23-24-26/h4-11,14,19H,12-13H2,1-3H3,(H,21,27). The molecule has 0 aliphatic heterocycles. The van der Waals surface area contributed by atoms with Gasteiger partial charge in [0.15, 0.2) is 0 Å². The van der Waals surface area contributed by atoms with Crippen molar-refractivity contribution in [3.63, 3.8) is 0 Å². The summed E-state index contributed by atoms with van der Waals surface area (Å²) in [6.07, 6.45) is 1.87. The number of carbonyl (C=O) groups is 1. The molecular formula is C20H24N6O. The van der Waals surface area contributed by atoms with Crippen LogP contribution in [0.5, 0.6) is 0 Å². The summed E-state index contributed by atoms with van der Waals surface area (Å²) in [5.41, 5.74) is 4.22. The van der Waals surface area contributed by atoms with Gasteiger partial charge >= 0.3 is 0 Å². The van der Waals surface area contributed by atoms with Crippen molar-refractivity contribution in [1.82, 2.24) is 30.4 Å². The van der Waals surface area contributed by atoms with Crippen LogP contribution in [0.1, 0.15) is 22.7 Å². The van der Waals surface area contributed by atoms with E-state index in [2.05, 4.69) is 56.9 Å². The molecule has 0 fully saturated rings. The molecule has 3 rings (SSSR count). The molecule has 1 atom stereocenters. The first-order valence-electron chi connectivity index (χ1n) is 8.85. The zero-order valence-corrected chi connectivity index (χ0v) is 15.8. The molecule has 2 aromatic carbocycles. The summed E-state index contributed by atoms with van der Waals surface area (Å²) in [6, 6.07) is 16.2. The van der Waals surface area contributed by atoms with Gasteiger partial charge in [0.2, 0.25) is 5.91 Å². The number of aryl methyl sites for hydroxylation is 1. The van der Waals surface area contributed by atoms with Crippen molar-refractivity contribution < 1.29 is 4.79 Å². The van der Waals surface area contributed by atoms with Crippen LogP contribution in [0.15, 0.2) is 54.9 Å². The molecule has 0 spiro atoms. The highest BCUT2D eigenvalue weighted by molar-refractivity contribution is 5.78. The van der Waals surface area contributed by atoms with Gasteiger partial charge in [0, 0.05) is 6.54 Å². The predicted octanol–water partition coefficient (Wildman–Crippen LogP) is 1.93. The summed E-state index contributed by atoms with van der Waals surface area (Å²) in [5.74, 6) is 0.00383. The zero-order chi connectivity index (χ0) is 19.2. The average Bonchev–Trinajstić information content (AvgIpc) is 3.18. The molecule has 0 saturated heterocycles. The van der Waals surface area contributed by atoms with Crippen LogP contribution in [0, 0.1) is 6.92 Å². The second-order valence-electron chi connectivity index (χ2n) is 6.79. The van der Waals surface area contributed by atoms with E-state index in [1.807, 2.05) is 38.4 Å². The van der Waals surface area contributed by atoms with Crippen LogP contribution in [0.2, 0.25) is 0 Å². The molecule has 3 aromatic rings. The van der Waals surface area contributed by atoms with Gasteiger partial charge in [-0.3, -0.25) is 4.79 Å². The SMILES string of the molecule is Cc1ccc(C(CNC(=O)Cc2ccc(-n3cnnn3)cc2)N(C)C)cc1. The normalized spacial score (nSPS) is 12.1. The number of nitrogens with zero attached hydrogens (tertiary/aromatic N) is 5. The third kappa shape index (κ3) is 4.98. The van der Waals surface area contributed by atoms with Crippen molar-refractivity contribution in [2.24, 2.45) is 0 Å². The Morgan fingerprint density at radius 2 is 1.81 bits per heavy atom. The second-order valence-corrected chi connectivity index (χ2v) is 6.79. The Morgan fingerprint density at radius 1 is 1.11 bits per heavy atom. The van der Waals surface area contributed by atoms with Gasteiger partial charge in [0.05, 0.1) is 18.2 Å². The molecule has 0 aliphatic carbocycles. The number of tetrazole rings is 1. The Morgan fingerprint density at radius 3 is 2.41 bits per heavy atom. The summed E-state index contributed by atoms with van der Waals surface area (Å²) in [5, 5.41) is 14.1. The van der Waals surface area contributed by atoms with Crippen LogP contribution in [0.3, 0.4) is 0 Å². The molecule has 1 heterocycles. The van der Waals surface area contributed by atoms with Crippen molar-refractivity contribution in [3.8, 4) is 5.69 Å². The first-order chi connectivity index (χ1) is 13.0. The monoisotopic (exact) mass is 364 g/mol. The minimum absolute atomic E-state index is 0.00383. The van der Waals surface area contributed by atoms with E-state index in [4.69, 9.17) is 0 Å². The number of hydrogen-bond donors (Lipinski definition) is 1. The van der Waals surface area contributed by atoms with E-state index < -0.39 is 0 Å². The van der Waals surface area contributed by atoms with Gasteiger partial charge in [-0.25, -0.2) is 4.68 Å². The van der Waals surface area contributed by atoms with Gasteiger partial charge in [0.1, 0.15) is 6.33 Å². The van der Waals surface area contributed by atoms with E-state index in [1.54, 1.807) is 4.68 Å². The minimum atomic E-state index is 0.00383. The zero-order valence-electron chi connectivity index (χ0n) is 15.8. The quantitative estimate of drug-likeness (QED) is 0.693.